The van der Waals surface area contributed by atoms with E-state index in [1.807, 2.05) is 72.8 Å². The summed E-state index contributed by atoms with van der Waals surface area (Å²) in [5.41, 5.74) is 4.98. The van der Waals surface area contributed by atoms with Gasteiger partial charge in [-0.3, -0.25) is 4.79 Å². The molecule has 0 spiro atoms. The Morgan fingerprint density at radius 2 is 1.68 bits per heavy atom. The number of nitrogens with one attached hydrogen (secondary N) is 1. The standard InChI is InChI=1S/C22H18N4O2/c1-28-18-13-11-16(12-14-18)15-23-25-22-24-20-10-6-5-9-19(20)21(27)26(22)17-7-3-2-4-8-17/h2-15H,1H3,(H,24,25)/b23-15+. The largest absolute Gasteiger partial charge is 0.497 e. The molecule has 1 aromatic heterocycles. The molecule has 0 unspecified atom stereocenters. The summed E-state index contributed by atoms with van der Waals surface area (Å²) in [7, 11) is 1.62. The van der Waals surface area contributed by atoms with Gasteiger partial charge in [-0.2, -0.15) is 5.10 Å². The van der Waals surface area contributed by atoms with Crippen LogP contribution in [0.4, 0.5) is 5.95 Å². The molecule has 0 aliphatic carbocycles. The van der Waals surface area contributed by atoms with Gasteiger partial charge in [0, 0.05) is 0 Å². The molecule has 0 bridgehead atoms. The summed E-state index contributed by atoms with van der Waals surface area (Å²) in [5, 5.41) is 4.82. The molecule has 0 fully saturated rings. The Bertz CT molecular complexity index is 1180. The third kappa shape index (κ3) is 3.48. The third-order valence-corrected chi connectivity index (χ3v) is 4.28. The first-order chi connectivity index (χ1) is 13.8. The summed E-state index contributed by atoms with van der Waals surface area (Å²) < 4.78 is 6.68. The zero-order valence-electron chi connectivity index (χ0n) is 15.2. The van der Waals surface area contributed by atoms with E-state index in [-0.39, 0.29) is 5.56 Å². The van der Waals surface area contributed by atoms with Crippen molar-refractivity contribution in [2.75, 3.05) is 12.5 Å². The second-order valence-electron chi connectivity index (χ2n) is 6.07. The first-order valence-corrected chi connectivity index (χ1v) is 8.76. The lowest BCUT2D eigenvalue weighted by atomic mass is 10.2. The first-order valence-electron chi connectivity index (χ1n) is 8.76. The number of fused-ring (bicyclic) bond motifs is 1. The van der Waals surface area contributed by atoms with Crippen LogP contribution in [0.1, 0.15) is 5.56 Å². The average Bonchev–Trinajstić information content (AvgIpc) is 2.75. The topological polar surface area (TPSA) is 68.5 Å². The zero-order chi connectivity index (χ0) is 19.3. The van der Waals surface area contributed by atoms with Crippen LogP contribution in [-0.4, -0.2) is 22.9 Å². The average molecular weight is 370 g/mol. The molecule has 3 aromatic carbocycles. The molecule has 6 nitrogen and oxygen atoms in total. The normalized spacial score (nSPS) is 11.0. The number of ether oxygens (including phenoxy) is 1. The fourth-order valence-electron chi connectivity index (χ4n) is 2.88. The van der Waals surface area contributed by atoms with Crippen LogP contribution in [0.3, 0.4) is 0 Å². The number of hydrazone groups is 1. The molecule has 138 valence electrons. The first kappa shape index (κ1) is 17.5. The summed E-state index contributed by atoms with van der Waals surface area (Å²) in [5.74, 6) is 1.12. The van der Waals surface area contributed by atoms with Crippen molar-refractivity contribution in [3.8, 4) is 11.4 Å². The van der Waals surface area contributed by atoms with Gasteiger partial charge in [0.2, 0.25) is 5.95 Å². The van der Waals surface area contributed by atoms with Gasteiger partial charge < -0.3 is 4.74 Å². The van der Waals surface area contributed by atoms with E-state index >= 15 is 0 Å². The van der Waals surface area contributed by atoms with Crippen LogP contribution >= 0.6 is 0 Å². The number of aromatic nitrogens is 2. The van der Waals surface area contributed by atoms with Crippen LogP contribution in [0.25, 0.3) is 16.6 Å². The van der Waals surface area contributed by atoms with Crippen molar-refractivity contribution in [2.24, 2.45) is 5.10 Å². The minimum absolute atomic E-state index is 0.154. The van der Waals surface area contributed by atoms with E-state index < -0.39 is 0 Å². The molecule has 4 rings (SSSR count). The highest BCUT2D eigenvalue weighted by Gasteiger charge is 2.11. The Kier molecular flexibility index (Phi) is 4.84. The van der Waals surface area contributed by atoms with Crippen LogP contribution in [0, 0.1) is 0 Å². The molecule has 0 atom stereocenters. The Morgan fingerprint density at radius 1 is 0.964 bits per heavy atom. The molecule has 0 saturated carbocycles. The van der Waals surface area contributed by atoms with Crippen LogP contribution in [0.15, 0.2) is 88.8 Å². The fraction of sp³-hybridized carbons (Fsp3) is 0.0455. The SMILES string of the molecule is COc1ccc(/C=N/Nc2nc3ccccc3c(=O)n2-c2ccccc2)cc1. The van der Waals surface area contributed by atoms with Crippen molar-refractivity contribution in [3.05, 3.63) is 94.8 Å². The monoisotopic (exact) mass is 370 g/mol. The number of para-hydroxylation sites is 2. The molecular formula is C22H18N4O2. The van der Waals surface area contributed by atoms with Gasteiger partial charge in [0.25, 0.3) is 5.56 Å². The summed E-state index contributed by atoms with van der Waals surface area (Å²) in [6.45, 7) is 0. The fourth-order valence-corrected chi connectivity index (χ4v) is 2.88. The molecule has 0 radical (unpaired) electrons. The van der Waals surface area contributed by atoms with Gasteiger partial charge >= 0.3 is 0 Å². The predicted molar refractivity (Wildman–Crippen MR) is 112 cm³/mol. The van der Waals surface area contributed by atoms with Crippen molar-refractivity contribution < 1.29 is 4.74 Å². The Labute approximate surface area is 161 Å². The van der Waals surface area contributed by atoms with E-state index in [4.69, 9.17) is 4.74 Å². The van der Waals surface area contributed by atoms with Gasteiger partial charge in [-0.1, -0.05) is 30.3 Å². The summed E-state index contributed by atoms with van der Waals surface area (Å²) in [6.07, 6.45) is 1.66. The molecule has 0 aliphatic heterocycles. The van der Waals surface area contributed by atoms with E-state index in [0.29, 0.717) is 22.5 Å². The van der Waals surface area contributed by atoms with Crippen molar-refractivity contribution in [1.29, 1.82) is 0 Å². The van der Waals surface area contributed by atoms with Gasteiger partial charge in [0.05, 0.1) is 29.9 Å². The number of nitrogens with zero attached hydrogens (tertiary/aromatic N) is 3. The lowest BCUT2D eigenvalue weighted by molar-refractivity contribution is 0.415. The van der Waals surface area contributed by atoms with E-state index in [2.05, 4.69) is 15.5 Å². The number of rotatable bonds is 5. The molecule has 1 N–H and O–H groups in total. The summed E-state index contributed by atoms with van der Waals surface area (Å²) in [4.78, 5) is 17.7. The maximum absolute atomic E-state index is 13.1. The molecule has 6 heteroatoms. The van der Waals surface area contributed by atoms with E-state index in [9.17, 15) is 4.79 Å². The Morgan fingerprint density at radius 3 is 2.43 bits per heavy atom. The number of hydrogen-bond acceptors (Lipinski definition) is 5. The van der Waals surface area contributed by atoms with Crippen molar-refractivity contribution >= 4 is 23.1 Å². The smallest absolute Gasteiger partial charge is 0.267 e. The second-order valence-corrected chi connectivity index (χ2v) is 6.07. The van der Waals surface area contributed by atoms with Crippen molar-refractivity contribution in [1.82, 2.24) is 9.55 Å². The lowest BCUT2D eigenvalue weighted by Gasteiger charge is -2.12. The van der Waals surface area contributed by atoms with Crippen LogP contribution in [0.2, 0.25) is 0 Å². The van der Waals surface area contributed by atoms with Crippen LogP contribution in [0.5, 0.6) is 5.75 Å². The Balaban J connectivity index is 1.74. The minimum atomic E-state index is -0.154. The van der Waals surface area contributed by atoms with Gasteiger partial charge in [-0.15, -0.1) is 0 Å². The van der Waals surface area contributed by atoms with Gasteiger partial charge in [0.15, 0.2) is 0 Å². The van der Waals surface area contributed by atoms with Crippen LogP contribution in [-0.2, 0) is 0 Å². The number of hydrogen-bond donors (Lipinski definition) is 1. The highest BCUT2D eigenvalue weighted by molar-refractivity contribution is 5.81. The maximum atomic E-state index is 13.1. The molecule has 0 amide bonds. The predicted octanol–water partition coefficient (Wildman–Crippen LogP) is 3.84. The quantitative estimate of drug-likeness (QED) is 0.428. The van der Waals surface area contributed by atoms with Gasteiger partial charge in [0.1, 0.15) is 5.75 Å². The van der Waals surface area contributed by atoms with E-state index in [0.717, 1.165) is 11.3 Å². The minimum Gasteiger partial charge on any atom is -0.497 e. The zero-order valence-corrected chi connectivity index (χ0v) is 15.2. The van der Waals surface area contributed by atoms with Crippen molar-refractivity contribution in [2.45, 2.75) is 0 Å². The van der Waals surface area contributed by atoms with Gasteiger partial charge in [-0.25, -0.2) is 15.0 Å². The number of methoxy groups -OCH3 is 1. The van der Waals surface area contributed by atoms with E-state index in [1.165, 1.54) is 4.57 Å². The maximum Gasteiger partial charge on any atom is 0.267 e. The summed E-state index contributed by atoms with van der Waals surface area (Å²) in [6, 6.07) is 24.1. The van der Waals surface area contributed by atoms with E-state index in [1.54, 1.807) is 19.4 Å². The second kappa shape index (κ2) is 7.75. The molecule has 4 aromatic rings. The summed E-state index contributed by atoms with van der Waals surface area (Å²) >= 11 is 0. The molecule has 28 heavy (non-hydrogen) atoms. The highest BCUT2D eigenvalue weighted by atomic mass is 16.5. The van der Waals surface area contributed by atoms with Crippen LogP contribution < -0.4 is 15.7 Å². The number of anilines is 1. The highest BCUT2D eigenvalue weighted by Crippen LogP contribution is 2.16. The molecule has 1 heterocycles. The third-order valence-electron chi connectivity index (χ3n) is 4.28. The lowest BCUT2D eigenvalue weighted by Crippen LogP contribution is -2.22. The van der Waals surface area contributed by atoms with Crippen molar-refractivity contribution in [3.63, 3.8) is 0 Å². The van der Waals surface area contributed by atoms with Gasteiger partial charge in [-0.05, 0) is 54.1 Å². The molecule has 0 aliphatic rings. The molecule has 0 saturated heterocycles. The molecular weight excluding hydrogens is 352 g/mol. The number of benzene rings is 3. The Hall–Kier alpha value is -3.93.